The van der Waals surface area contributed by atoms with Gasteiger partial charge in [-0.2, -0.15) is 0 Å². The smallest absolute Gasteiger partial charge is 0.306 e. The number of hydrogen-bond donors (Lipinski definition) is 1. The van der Waals surface area contributed by atoms with Crippen LogP contribution in [0.1, 0.15) is 26.2 Å². The van der Waals surface area contributed by atoms with Crippen LogP contribution in [0.5, 0.6) is 0 Å². The second-order valence-corrected chi connectivity index (χ2v) is 2.77. The normalized spacial score (nSPS) is 23.1. The lowest BCUT2D eigenvalue weighted by molar-refractivity contribution is -0.160. The summed E-state index contributed by atoms with van der Waals surface area (Å²) in [5.74, 6) is -0.442. The van der Waals surface area contributed by atoms with Crippen molar-refractivity contribution in [3.8, 4) is 0 Å². The number of esters is 1. The maximum Gasteiger partial charge on any atom is 0.306 e. The highest BCUT2D eigenvalue weighted by Crippen LogP contribution is 2.13. The van der Waals surface area contributed by atoms with Gasteiger partial charge in [0.25, 0.3) is 5.91 Å². The molecule has 12 heavy (non-hydrogen) atoms. The molecular formula is C8H13NO3. The molecule has 68 valence electrons. The third kappa shape index (κ3) is 2.22. The average Bonchev–Trinajstić information content (AvgIpc) is 2.05. The van der Waals surface area contributed by atoms with Crippen molar-refractivity contribution in [2.24, 2.45) is 0 Å². The van der Waals surface area contributed by atoms with E-state index in [4.69, 9.17) is 4.74 Å². The largest absolute Gasteiger partial charge is 0.452 e. The van der Waals surface area contributed by atoms with Gasteiger partial charge in [-0.1, -0.05) is 0 Å². The zero-order valence-electron chi connectivity index (χ0n) is 7.13. The van der Waals surface area contributed by atoms with Crippen molar-refractivity contribution in [2.45, 2.75) is 32.3 Å². The zero-order valence-corrected chi connectivity index (χ0v) is 7.13. The molecule has 0 spiro atoms. The maximum absolute atomic E-state index is 11.2. The van der Waals surface area contributed by atoms with Crippen molar-refractivity contribution in [1.82, 2.24) is 5.32 Å². The van der Waals surface area contributed by atoms with Crippen molar-refractivity contribution in [3.05, 3.63) is 0 Å². The first-order chi connectivity index (χ1) is 5.74. The van der Waals surface area contributed by atoms with Crippen molar-refractivity contribution in [3.63, 3.8) is 0 Å². The van der Waals surface area contributed by atoms with Crippen LogP contribution in [0, 0.1) is 0 Å². The lowest BCUT2D eigenvalue weighted by Gasteiger charge is -2.20. The minimum absolute atomic E-state index is 0.175. The first-order valence-corrected chi connectivity index (χ1v) is 4.21. The van der Waals surface area contributed by atoms with Crippen LogP contribution in [-0.2, 0) is 14.3 Å². The Bertz CT molecular complexity index is 191. The van der Waals surface area contributed by atoms with Crippen LogP contribution in [0.4, 0.5) is 0 Å². The van der Waals surface area contributed by atoms with Crippen molar-refractivity contribution < 1.29 is 14.3 Å². The molecule has 0 bridgehead atoms. The van der Waals surface area contributed by atoms with E-state index in [1.807, 2.05) is 6.92 Å². The van der Waals surface area contributed by atoms with Crippen LogP contribution in [-0.4, -0.2) is 24.5 Å². The Balaban J connectivity index is 2.40. The molecule has 1 atom stereocenters. The van der Waals surface area contributed by atoms with Gasteiger partial charge in [-0.05, 0) is 19.8 Å². The average molecular weight is 171 g/mol. The Morgan fingerprint density at radius 1 is 1.75 bits per heavy atom. The number of ether oxygens (including phenoxy) is 1. The molecule has 0 aromatic carbocycles. The van der Waals surface area contributed by atoms with Gasteiger partial charge in [0.2, 0.25) is 0 Å². The fraction of sp³-hybridized carbons (Fsp3) is 0.750. The molecule has 4 heteroatoms. The van der Waals surface area contributed by atoms with Crippen LogP contribution in [0.2, 0.25) is 0 Å². The van der Waals surface area contributed by atoms with E-state index < -0.39 is 6.10 Å². The molecular weight excluding hydrogens is 158 g/mol. The summed E-state index contributed by atoms with van der Waals surface area (Å²) >= 11 is 0. The van der Waals surface area contributed by atoms with Crippen LogP contribution in [0.3, 0.4) is 0 Å². The molecule has 1 saturated heterocycles. The summed E-state index contributed by atoms with van der Waals surface area (Å²) in [5, 5.41) is 2.62. The monoisotopic (exact) mass is 171 g/mol. The fourth-order valence-corrected chi connectivity index (χ4v) is 1.18. The predicted molar refractivity (Wildman–Crippen MR) is 42.4 cm³/mol. The summed E-state index contributed by atoms with van der Waals surface area (Å²) in [5.41, 5.74) is 0. The van der Waals surface area contributed by atoms with Gasteiger partial charge in [-0.15, -0.1) is 0 Å². The predicted octanol–water partition coefficient (Wildman–Crippen LogP) is 0.218. The van der Waals surface area contributed by atoms with Gasteiger partial charge in [-0.3, -0.25) is 9.59 Å². The molecule has 1 amide bonds. The van der Waals surface area contributed by atoms with Gasteiger partial charge < -0.3 is 10.1 Å². The molecule has 0 radical (unpaired) electrons. The van der Waals surface area contributed by atoms with Gasteiger partial charge in [0.05, 0.1) is 0 Å². The number of cyclic esters (lactones) is 1. The standard InChI is InChI=1S/C8H13NO3/c1-2-9-8(11)6-4-3-5-7(10)12-6/h6H,2-5H2,1H3,(H,9,11)/t6-/m0/s1. The van der Waals surface area contributed by atoms with Crippen LogP contribution in [0.25, 0.3) is 0 Å². The van der Waals surface area contributed by atoms with E-state index in [-0.39, 0.29) is 11.9 Å². The summed E-state index contributed by atoms with van der Waals surface area (Å²) in [6.07, 6.45) is 1.29. The number of likely N-dealkylation sites (N-methyl/N-ethyl adjacent to an activating group) is 1. The van der Waals surface area contributed by atoms with E-state index >= 15 is 0 Å². The van der Waals surface area contributed by atoms with E-state index in [1.165, 1.54) is 0 Å². The Hall–Kier alpha value is -1.06. The molecule has 1 aliphatic rings. The SMILES string of the molecule is CCNC(=O)[C@@H]1CCCC(=O)O1. The Morgan fingerprint density at radius 2 is 2.50 bits per heavy atom. The first kappa shape index (κ1) is 9.03. The minimum Gasteiger partial charge on any atom is -0.452 e. The topological polar surface area (TPSA) is 55.4 Å². The number of hydrogen-bond acceptors (Lipinski definition) is 3. The summed E-state index contributed by atoms with van der Waals surface area (Å²) in [6, 6.07) is 0. The van der Waals surface area contributed by atoms with E-state index in [0.717, 1.165) is 6.42 Å². The lowest BCUT2D eigenvalue weighted by Crippen LogP contribution is -2.39. The number of carbonyl (C=O) groups excluding carboxylic acids is 2. The summed E-state index contributed by atoms with van der Waals surface area (Å²) < 4.78 is 4.85. The van der Waals surface area contributed by atoms with Crippen molar-refractivity contribution in [1.29, 1.82) is 0 Å². The molecule has 0 aliphatic carbocycles. The van der Waals surface area contributed by atoms with Crippen LogP contribution >= 0.6 is 0 Å². The quantitative estimate of drug-likeness (QED) is 0.604. The van der Waals surface area contributed by atoms with Gasteiger partial charge in [-0.25, -0.2) is 0 Å². The highest BCUT2D eigenvalue weighted by molar-refractivity contribution is 5.84. The molecule has 0 aromatic rings. The fourth-order valence-electron chi connectivity index (χ4n) is 1.18. The molecule has 1 heterocycles. The van der Waals surface area contributed by atoms with Crippen molar-refractivity contribution >= 4 is 11.9 Å². The Labute approximate surface area is 71.3 Å². The zero-order chi connectivity index (χ0) is 8.97. The number of carbonyl (C=O) groups is 2. The van der Waals surface area contributed by atoms with E-state index in [0.29, 0.717) is 19.4 Å². The Morgan fingerprint density at radius 3 is 3.08 bits per heavy atom. The van der Waals surface area contributed by atoms with Crippen LogP contribution < -0.4 is 5.32 Å². The minimum atomic E-state index is -0.550. The first-order valence-electron chi connectivity index (χ1n) is 4.21. The third-order valence-electron chi connectivity index (χ3n) is 1.76. The highest BCUT2D eigenvalue weighted by Gasteiger charge is 2.25. The van der Waals surface area contributed by atoms with Crippen molar-refractivity contribution in [2.75, 3.05) is 6.54 Å². The molecule has 1 N–H and O–H groups in total. The van der Waals surface area contributed by atoms with Gasteiger partial charge in [0.15, 0.2) is 6.10 Å². The molecule has 0 saturated carbocycles. The molecule has 1 aliphatic heterocycles. The van der Waals surface area contributed by atoms with E-state index in [1.54, 1.807) is 0 Å². The van der Waals surface area contributed by atoms with E-state index in [2.05, 4.69) is 5.32 Å². The molecule has 4 nitrogen and oxygen atoms in total. The summed E-state index contributed by atoms with van der Waals surface area (Å²) in [4.78, 5) is 21.9. The van der Waals surface area contributed by atoms with Gasteiger partial charge >= 0.3 is 5.97 Å². The number of amides is 1. The molecule has 0 aromatic heterocycles. The second kappa shape index (κ2) is 4.09. The molecule has 0 unspecified atom stereocenters. The number of nitrogens with one attached hydrogen (secondary N) is 1. The van der Waals surface area contributed by atoms with Gasteiger partial charge in [0.1, 0.15) is 0 Å². The third-order valence-corrected chi connectivity index (χ3v) is 1.76. The second-order valence-electron chi connectivity index (χ2n) is 2.77. The molecule has 1 fully saturated rings. The number of rotatable bonds is 2. The van der Waals surface area contributed by atoms with Crippen LogP contribution in [0.15, 0.2) is 0 Å². The summed E-state index contributed by atoms with van der Waals surface area (Å²) in [6.45, 7) is 2.41. The Kier molecular flexibility index (Phi) is 3.08. The van der Waals surface area contributed by atoms with Gasteiger partial charge in [0, 0.05) is 13.0 Å². The molecule has 1 rings (SSSR count). The van der Waals surface area contributed by atoms with E-state index in [9.17, 15) is 9.59 Å². The maximum atomic E-state index is 11.2. The lowest BCUT2D eigenvalue weighted by atomic mass is 10.1. The highest BCUT2D eigenvalue weighted by atomic mass is 16.5. The summed E-state index contributed by atoms with van der Waals surface area (Å²) in [7, 11) is 0.